The first-order valence-corrected chi connectivity index (χ1v) is 32.1. The zero-order valence-corrected chi connectivity index (χ0v) is 48.9. The van der Waals surface area contributed by atoms with Gasteiger partial charge in [0, 0.05) is 19.3 Å². The summed E-state index contributed by atoms with van der Waals surface area (Å²) in [6.07, 6.45) is 76.8. The molecule has 0 saturated carbocycles. The molecule has 0 aliphatic rings. The van der Waals surface area contributed by atoms with Crippen molar-refractivity contribution in [1.29, 1.82) is 0 Å². The fourth-order valence-corrected chi connectivity index (χ4v) is 9.45. The first-order chi connectivity index (χ1) is 36.0. The molecule has 73 heavy (non-hydrogen) atoms. The lowest BCUT2D eigenvalue weighted by molar-refractivity contribution is -0.167. The molecule has 0 aliphatic carbocycles. The molecule has 0 spiro atoms. The molecule has 0 aromatic heterocycles. The van der Waals surface area contributed by atoms with E-state index in [4.69, 9.17) is 14.2 Å². The number of carbonyl (C=O) groups excluding carboxylic acids is 3. The summed E-state index contributed by atoms with van der Waals surface area (Å²) < 4.78 is 16.9. The van der Waals surface area contributed by atoms with Crippen LogP contribution >= 0.6 is 0 Å². The van der Waals surface area contributed by atoms with E-state index in [0.29, 0.717) is 19.3 Å². The summed E-state index contributed by atoms with van der Waals surface area (Å²) >= 11 is 0. The van der Waals surface area contributed by atoms with E-state index in [1.54, 1.807) is 0 Å². The zero-order valence-electron chi connectivity index (χ0n) is 48.9. The van der Waals surface area contributed by atoms with Crippen molar-refractivity contribution in [2.24, 2.45) is 0 Å². The lowest BCUT2D eigenvalue weighted by Crippen LogP contribution is -2.30. The molecule has 1 unspecified atom stereocenters. The van der Waals surface area contributed by atoms with Gasteiger partial charge < -0.3 is 14.2 Å². The molecule has 426 valence electrons. The van der Waals surface area contributed by atoms with E-state index in [2.05, 4.69) is 69.4 Å². The fraction of sp³-hybridized carbons (Fsp3) is 0.836. The largest absolute Gasteiger partial charge is 0.462 e. The van der Waals surface area contributed by atoms with Crippen LogP contribution in [0, 0.1) is 0 Å². The second-order valence-corrected chi connectivity index (χ2v) is 21.7. The number of hydrogen-bond donors (Lipinski definition) is 0. The van der Waals surface area contributed by atoms with Gasteiger partial charge in [-0.25, -0.2) is 0 Å². The summed E-state index contributed by atoms with van der Waals surface area (Å²) in [4.78, 5) is 38.3. The third kappa shape index (κ3) is 60.1. The third-order valence-electron chi connectivity index (χ3n) is 14.3. The van der Waals surface area contributed by atoms with Crippen molar-refractivity contribution in [3.8, 4) is 0 Å². The fourth-order valence-electron chi connectivity index (χ4n) is 9.45. The number of rotatable bonds is 59. The van der Waals surface area contributed by atoms with Gasteiger partial charge in [-0.3, -0.25) is 14.4 Å². The summed E-state index contributed by atoms with van der Waals surface area (Å²) in [6.45, 7) is 6.65. The molecular weight excluding hydrogens is 901 g/mol. The van der Waals surface area contributed by atoms with Gasteiger partial charge in [0.25, 0.3) is 0 Å². The Bertz CT molecular complexity index is 1270. The van der Waals surface area contributed by atoms with E-state index in [1.165, 1.54) is 225 Å². The van der Waals surface area contributed by atoms with E-state index < -0.39 is 6.10 Å². The lowest BCUT2D eigenvalue weighted by Gasteiger charge is -2.18. The van der Waals surface area contributed by atoms with Gasteiger partial charge in [-0.15, -0.1) is 0 Å². The molecule has 0 aromatic rings. The van der Waals surface area contributed by atoms with E-state index >= 15 is 0 Å². The minimum atomic E-state index is -0.777. The van der Waals surface area contributed by atoms with Gasteiger partial charge >= 0.3 is 17.9 Å². The van der Waals surface area contributed by atoms with Crippen LogP contribution in [0.5, 0.6) is 0 Å². The quantitative estimate of drug-likeness (QED) is 0.0261. The van der Waals surface area contributed by atoms with Crippen molar-refractivity contribution in [2.75, 3.05) is 13.2 Å². The Kier molecular flexibility index (Phi) is 59.7. The van der Waals surface area contributed by atoms with E-state index in [9.17, 15) is 14.4 Å². The van der Waals surface area contributed by atoms with Gasteiger partial charge in [0.2, 0.25) is 0 Å². The van der Waals surface area contributed by atoms with Crippen molar-refractivity contribution < 1.29 is 28.6 Å². The van der Waals surface area contributed by atoms with Crippen LogP contribution in [0.1, 0.15) is 342 Å². The summed E-state index contributed by atoms with van der Waals surface area (Å²) in [5.41, 5.74) is 0. The number of ether oxygens (including phenoxy) is 3. The highest BCUT2D eigenvalue weighted by Gasteiger charge is 2.19. The Balaban J connectivity index is 4.32. The second-order valence-electron chi connectivity index (χ2n) is 21.7. The molecule has 6 heteroatoms. The molecule has 0 N–H and O–H groups in total. The molecule has 6 nitrogen and oxygen atoms in total. The summed E-state index contributed by atoms with van der Waals surface area (Å²) in [6, 6.07) is 0. The average Bonchev–Trinajstić information content (AvgIpc) is 3.39. The monoisotopic (exact) mass is 1020 g/mol. The van der Waals surface area contributed by atoms with E-state index in [1.807, 2.05) is 0 Å². The van der Waals surface area contributed by atoms with Crippen molar-refractivity contribution in [3.63, 3.8) is 0 Å². The predicted molar refractivity (Wildman–Crippen MR) is 316 cm³/mol. The second kappa shape index (κ2) is 61.9. The van der Waals surface area contributed by atoms with Crippen LogP contribution in [0.3, 0.4) is 0 Å². The van der Waals surface area contributed by atoms with E-state index in [-0.39, 0.29) is 31.1 Å². The molecular formula is C67H122O6. The SMILES string of the molecule is CCCCC/C=C\C/C=C\CCCCCCCCCC(=O)OC(COC(=O)CCCCCCCCCCCCC/C=C\C/C=C\CCCCCCC)COC(=O)CCCCCCCCCCCCCCCCC. The Morgan fingerprint density at radius 1 is 0.274 bits per heavy atom. The average molecular weight is 1020 g/mol. The molecule has 0 aromatic carbocycles. The minimum absolute atomic E-state index is 0.0731. The van der Waals surface area contributed by atoms with Gasteiger partial charge in [0.15, 0.2) is 6.10 Å². The highest BCUT2D eigenvalue weighted by molar-refractivity contribution is 5.71. The van der Waals surface area contributed by atoms with E-state index in [0.717, 1.165) is 77.0 Å². The topological polar surface area (TPSA) is 78.9 Å². The van der Waals surface area contributed by atoms with Crippen molar-refractivity contribution >= 4 is 17.9 Å². The van der Waals surface area contributed by atoms with Gasteiger partial charge in [-0.2, -0.15) is 0 Å². The molecule has 0 radical (unpaired) electrons. The molecule has 0 rings (SSSR count). The Hall–Kier alpha value is -2.63. The first-order valence-electron chi connectivity index (χ1n) is 32.1. The maximum absolute atomic E-state index is 12.9. The Labute approximate surface area is 454 Å². The zero-order chi connectivity index (χ0) is 52.9. The minimum Gasteiger partial charge on any atom is -0.462 e. The number of hydrogen-bond acceptors (Lipinski definition) is 6. The highest BCUT2D eigenvalue weighted by Crippen LogP contribution is 2.17. The van der Waals surface area contributed by atoms with Gasteiger partial charge in [-0.05, 0) is 83.5 Å². The predicted octanol–water partition coefficient (Wildman–Crippen LogP) is 21.8. The van der Waals surface area contributed by atoms with Gasteiger partial charge in [-0.1, -0.05) is 288 Å². The summed E-state index contributed by atoms with van der Waals surface area (Å²) in [7, 11) is 0. The maximum atomic E-state index is 12.9. The van der Waals surface area contributed by atoms with Crippen LogP contribution in [0.4, 0.5) is 0 Å². The molecule has 0 heterocycles. The molecule has 0 saturated heterocycles. The molecule has 0 bridgehead atoms. The van der Waals surface area contributed by atoms with Crippen LogP contribution in [0.25, 0.3) is 0 Å². The van der Waals surface area contributed by atoms with Crippen molar-refractivity contribution in [2.45, 2.75) is 348 Å². The highest BCUT2D eigenvalue weighted by atomic mass is 16.6. The van der Waals surface area contributed by atoms with Crippen LogP contribution < -0.4 is 0 Å². The molecule has 0 amide bonds. The summed E-state index contributed by atoms with van der Waals surface area (Å²) in [5.74, 6) is -0.862. The Morgan fingerprint density at radius 2 is 0.493 bits per heavy atom. The standard InChI is InChI=1S/C67H122O6/c1-4-7-10-13-16-19-22-25-28-30-31-32-33-34-35-37-39-42-45-48-51-54-57-60-66(69)72-63-64(62-71-65(68)59-56-53-50-47-44-41-38-27-24-21-18-15-12-9-6-3)73-67(70)61-58-55-52-49-46-43-40-36-29-26-23-20-17-14-11-8-5-2/h17,20,22,25-26,29-31,64H,4-16,18-19,21,23-24,27-28,32-63H2,1-3H3/b20-17-,25-22-,29-26-,31-30-. The number of esters is 3. The smallest absolute Gasteiger partial charge is 0.306 e. The molecule has 0 fully saturated rings. The van der Waals surface area contributed by atoms with Crippen LogP contribution in [0.2, 0.25) is 0 Å². The van der Waals surface area contributed by atoms with Gasteiger partial charge in [0.05, 0.1) is 0 Å². The molecule has 1 atom stereocenters. The van der Waals surface area contributed by atoms with Crippen LogP contribution in [-0.2, 0) is 28.6 Å². The number of unbranched alkanes of at least 4 members (excludes halogenated alkanes) is 40. The van der Waals surface area contributed by atoms with Crippen molar-refractivity contribution in [3.05, 3.63) is 48.6 Å². The van der Waals surface area contributed by atoms with Gasteiger partial charge in [0.1, 0.15) is 13.2 Å². The molecule has 0 aliphatic heterocycles. The third-order valence-corrected chi connectivity index (χ3v) is 14.3. The normalized spacial score (nSPS) is 12.3. The number of carbonyl (C=O) groups is 3. The van der Waals surface area contributed by atoms with Crippen LogP contribution in [-0.4, -0.2) is 37.2 Å². The first kappa shape index (κ1) is 70.4. The number of allylic oxidation sites excluding steroid dienone is 8. The van der Waals surface area contributed by atoms with Crippen molar-refractivity contribution in [1.82, 2.24) is 0 Å². The van der Waals surface area contributed by atoms with Crippen LogP contribution in [0.15, 0.2) is 48.6 Å². The maximum Gasteiger partial charge on any atom is 0.306 e. The summed E-state index contributed by atoms with van der Waals surface area (Å²) in [5, 5.41) is 0. The Morgan fingerprint density at radius 3 is 0.781 bits per heavy atom. The lowest BCUT2D eigenvalue weighted by atomic mass is 10.0.